The van der Waals surface area contributed by atoms with E-state index in [1.54, 1.807) is 0 Å². The predicted molar refractivity (Wildman–Crippen MR) is 97.0 cm³/mol. The van der Waals surface area contributed by atoms with Gasteiger partial charge in [-0.3, -0.25) is 0 Å². The van der Waals surface area contributed by atoms with Gasteiger partial charge in [0.1, 0.15) is 5.60 Å². The van der Waals surface area contributed by atoms with E-state index < -0.39 is 11.7 Å². The molecule has 2 rings (SSSR count). The highest BCUT2D eigenvalue weighted by Crippen LogP contribution is 2.25. The lowest BCUT2D eigenvalue weighted by Crippen LogP contribution is -2.32. The van der Waals surface area contributed by atoms with Gasteiger partial charge in [-0.2, -0.15) is 0 Å². The first-order valence-corrected chi connectivity index (χ1v) is 8.70. The van der Waals surface area contributed by atoms with Crippen molar-refractivity contribution in [2.45, 2.75) is 51.6 Å². The normalized spacial score (nSPS) is 15.3. The van der Waals surface area contributed by atoms with Gasteiger partial charge >= 0.3 is 6.09 Å². The van der Waals surface area contributed by atoms with Gasteiger partial charge in [-0.05, 0) is 70.3 Å². The van der Waals surface area contributed by atoms with Crippen LogP contribution in [0, 0.1) is 11.8 Å². The Kier molecular flexibility index (Phi) is 6.69. The van der Waals surface area contributed by atoms with Crippen molar-refractivity contribution >= 4 is 6.09 Å². The topological polar surface area (TPSA) is 50.4 Å². The van der Waals surface area contributed by atoms with Gasteiger partial charge in [-0.15, -0.1) is 0 Å². The fraction of sp³-hybridized carbons (Fsp3) is 0.550. The van der Waals surface area contributed by atoms with E-state index in [9.17, 15) is 4.79 Å². The number of piperidine rings is 1. The average Bonchev–Trinajstić information content (AvgIpc) is 2.54. The monoisotopic (exact) mass is 328 g/mol. The third-order valence-electron chi connectivity index (χ3n) is 3.87. The van der Waals surface area contributed by atoms with Crippen LogP contribution in [0.4, 0.5) is 4.79 Å². The van der Waals surface area contributed by atoms with E-state index in [-0.39, 0.29) is 0 Å². The lowest BCUT2D eigenvalue weighted by molar-refractivity contribution is 0.0529. The minimum atomic E-state index is -0.466. The van der Waals surface area contributed by atoms with Crippen LogP contribution in [-0.4, -0.2) is 31.3 Å². The first-order valence-electron chi connectivity index (χ1n) is 8.70. The van der Waals surface area contributed by atoms with Crippen LogP contribution in [0.15, 0.2) is 24.3 Å². The Balaban J connectivity index is 1.74. The molecule has 24 heavy (non-hydrogen) atoms. The van der Waals surface area contributed by atoms with Crippen LogP contribution in [0.1, 0.15) is 57.1 Å². The summed E-state index contributed by atoms with van der Waals surface area (Å²) in [6.45, 7) is 8.25. The molecule has 0 unspecified atom stereocenters. The van der Waals surface area contributed by atoms with Crippen molar-refractivity contribution in [3.63, 3.8) is 0 Å². The fourth-order valence-corrected chi connectivity index (χ4v) is 2.70. The molecule has 0 aliphatic carbocycles. The van der Waals surface area contributed by atoms with Gasteiger partial charge in [0.05, 0.1) is 0 Å². The van der Waals surface area contributed by atoms with Gasteiger partial charge in [0.2, 0.25) is 0 Å². The largest absolute Gasteiger partial charge is 0.444 e. The molecule has 1 saturated heterocycles. The number of carbonyl (C=O) groups excluding carboxylic acids is 1. The molecular weight excluding hydrogens is 300 g/mol. The highest BCUT2D eigenvalue weighted by molar-refractivity contribution is 5.67. The van der Waals surface area contributed by atoms with E-state index in [1.165, 1.54) is 18.4 Å². The number of rotatable bonds is 3. The maximum Gasteiger partial charge on any atom is 0.407 e. The van der Waals surface area contributed by atoms with Crippen LogP contribution in [0.3, 0.4) is 0 Å². The Morgan fingerprint density at radius 1 is 1.25 bits per heavy atom. The lowest BCUT2D eigenvalue weighted by Gasteiger charge is -2.22. The summed E-state index contributed by atoms with van der Waals surface area (Å²) < 4.78 is 5.17. The number of amides is 1. The molecule has 1 aromatic carbocycles. The number of carbonyl (C=O) groups is 1. The molecule has 0 spiro atoms. The lowest BCUT2D eigenvalue weighted by atomic mass is 9.90. The summed E-state index contributed by atoms with van der Waals surface area (Å²) in [6.07, 6.45) is 2.63. The molecule has 0 atom stereocenters. The molecule has 0 bridgehead atoms. The Morgan fingerprint density at radius 2 is 1.92 bits per heavy atom. The van der Waals surface area contributed by atoms with Crippen molar-refractivity contribution in [1.82, 2.24) is 10.6 Å². The van der Waals surface area contributed by atoms with E-state index in [2.05, 4.69) is 46.7 Å². The van der Waals surface area contributed by atoms with E-state index in [4.69, 9.17) is 4.74 Å². The molecule has 4 nitrogen and oxygen atoms in total. The Morgan fingerprint density at radius 3 is 2.54 bits per heavy atom. The predicted octanol–water partition coefficient (Wildman–Crippen LogP) is 3.42. The molecule has 1 aliphatic rings. The Bertz CT molecular complexity index is 585. The number of alkyl carbamates (subject to hydrolysis) is 1. The van der Waals surface area contributed by atoms with E-state index in [0.717, 1.165) is 18.7 Å². The molecule has 0 saturated carbocycles. The maximum absolute atomic E-state index is 11.5. The molecule has 1 amide bonds. The molecular formula is C20H28N2O2. The van der Waals surface area contributed by atoms with Crippen LogP contribution < -0.4 is 10.6 Å². The Labute approximate surface area is 145 Å². The first kappa shape index (κ1) is 18.4. The highest BCUT2D eigenvalue weighted by Gasteiger charge is 2.15. The van der Waals surface area contributed by atoms with Crippen LogP contribution in [-0.2, 0) is 4.74 Å². The highest BCUT2D eigenvalue weighted by atomic mass is 16.6. The molecule has 130 valence electrons. The summed E-state index contributed by atoms with van der Waals surface area (Å²) >= 11 is 0. The van der Waals surface area contributed by atoms with Gasteiger partial charge < -0.3 is 15.4 Å². The van der Waals surface area contributed by atoms with Crippen molar-refractivity contribution in [1.29, 1.82) is 0 Å². The molecule has 1 fully saturated rings. The van der Waals surface area contributed by atoms with Crippen molar-refractivity contribution in [2.24, 2.45) is 0 Å². The first-order chi connectivity index (χ1) is 11.4. The summed E-state index contributed by atoms with van der Waals surface area (Å²) in [7, 11) is 0. The second-order valence-electron chi connectivity index (χ2n) is 7.13. The van der Waals surface area contributed by atoms with Crippen LogP contribution in [0.5, 0.6) is 0 Å². The van der Waals surface area contributed by atoms with Gasteiger partial charge in [0.25, 0.3) is 0 Å². The smallest absolute Gasteiger partial charge is 0.407 e. The molecule has 1 aliphatic heterocycles. The number of hydrogen-bond donors (Lipinski definition) is 2. The molecule has 0 radical (unpaired) electrons. The third kappa shape index (κ3) is 6.64. The standard InChI is InChI=1S/C20H28N2O2/c1-20(2,3)24-19(23)22-13-5-4-6-16-7-9-17(10-8-16)18-11-14-21-15-12-18/h7-10,18,21H,5,11-15H2,1-3H3,(H,22,23). The van der Waals surface area contributed by atoms with E-state index in [1.807, 2.05) is 20.8 Å². The van der Waals surface area contributed by atoms with Gasteiger partial charge in [-0.25, -0.2) is 4.79 Å². The summed E-state index contributed by atoms with van der Waals surface area (Å²) in [4.78, 5) is 11.5. The number of benzene rings is 1. The molecule has 0 aromatic heterocycles. The van der Waals surface area contributed by atoms with Crippen LogP contribution in [0.25, 0.3) is 0 Å². The van der Waals surface area contributed by atoms with Crippen LogP contribution >= 0.6 is 0 Å². The molecule has 4 heteroatoms. The van der Waals surface area contributed by atoms with Crippen molar-refractivity contribution in [2.75, 3.05) is 19.6 Å². The maximum atomic E-state index is 11.5. The zero-order valence-corrected chi connectivity index (χ0v) is 14.9. The fourth-order valence-electron chi connectivity index (χ4n) is 2.70. The second-order valence-corrected chi connectivity index (χ2v) is 7.13. The Hall–Kier alpha value is -1.99. The minimum Gasteiger partial charge on any atom is -0.444 e. The number of hydrogen-bond acceptors (Lipinski definition) is 3. The summed E-state index contributed by atoms with van der Waals surface area (Å²) in [5, 5.41) is 6.10. The molecule has 1 heterocycles. The van der Waals surface area contributed by atoms with E-state index >= 15 is 0 Å². The number of ether oxygens (including phenoxy) is 1. The van der Waals surface area contributed by atoms with Gasteiger partial charge in [0.15, 0.2) is 0 Å². The minimum absolute atomic E-state index is 0.393. The third-order valence-corrected chi connectivity index (χ3v) is 3.87. The SMILES string of the molecule is CC(C)(C)OC(=O)NCCC#Cc1ccc(C2CCNCC2)cc1. The summed E-state index contributed by atoms with van der Waals surface area (Å²) in [5.74, 6) is 6.90. The summed E-state index contributed by atoms with van der Waals surface area (Å²) in [5.41, 5.74) is 1.96. The summed E-state index contributed by atoms with van der Waals surface area (Å²) in [6, 6.07) is 8.56. The number of nitrogens with one attached hydrogen (secondary N) is 2. The molecule has 1 aromatic rings. The molecule has 2 N–H and O–H groups in total. The van der Waals surface area contributed by atoms with Crippen molar-refractivity contribution in [3.05, 3.63) is 35.4 Å². The van der Waals surface area contributed by atoms with Crippen LogP contribution in [0.2, 0.25) is 0 Å². The van der Waals surface area contributed by atoms with Crippen molar-refractivity contribution < 1.29 is 9.53 Å². The average molecular weight is 328 g/mol. The van der Waals surface area contributed by atoms with Gasteiger partial charge in [-0.1, -0.05) is 24.0 Å². The second kappa shape index (κ2) is 8.75. The van der Waals surface area contributed by atoms with Gasteiger partial charge in [0, 0.05) is 18.5 Å². The zero-order valence-electron chi connectivity index (χ0n) is 14.9. The van der Waals surface area contributed by atoms with Crippen molar-refractivity contribution in [3.8, 4) is 11.8 Å². The van der Waals surface area contributed by atoms with E-state index in [0.29, 0.717) is 18.9 Å². The zero-order chi connectivity index (χ0) is 17.4. The quantitative estimate of drug-likeness (QED) is 0.660.